The van der Waals surface area contributed by atoms with Gasteiger partial charge in [-0.05, 0) is 31.9 Å². The quantitative estimate of drug-likeness (QED) is 0.728. The summed E-state index contributed by atoms with van der Waals surface area (Å²) in [6.45, 7) is 4.39. The Bertz CT molecular complexity index is 988. The minimum atomic E-state index is -0.858. The Morgan fingerprint density at radius 2 is 2.12 bits per heavy atom. The predicted molar refractivity (Wildman–Crippen MR) is 100 cm³/mol. The number of carboxylic acids is 1. The Kier molecular flexibility index (Phi) is 4.99. The molecule has 130 valence electrons. The second-order valence-electron chi connectivity index (χ2n) is 6.04. The number of nitrogens with zero attached hydrogens (tertiary/aromatic N) is 2. The molecule has 3 rings (SSSR count). The van der Waals surface area contributed by atoms with Gasteiger partial charge in [-0.2, -0.15) is 0 Å². The highest BCUT2D eigenvalue weighted by atomic mass is 32.1. The van der Waals surface area contributed by atoms with E-state index in [9.17, 15) is 9.59 Å². The third kappa shape index (κ3) is 3.64. The van der Waals surface area contributed by atoms with Gasteiger partial charge in [0, 0.05) is 23.4 Å². The van der Waals surface area contributed by atoms with Crippen molar-refractivity contribution >= 4 is 27.5 Å². The molecule has 0 radical (unpaired) electrons. The molecule has 0 atom stereocenters. The van der Waals surface area contributed by atoms with E-state index < -0.39 is 5.97 Å². The molecule has 6 heteroatoms. The van der Waals surface area contributed by atoms with Gasteiger partial charge in [0.05, 0.1) is 5.39 Å². The molecule has 0 spiro atoms. The third-order valence-electron chi connectivity index (χ3n) is 4.10. The highest BCUT2D eigenvalue weighted by molar-refractivity contribution is 7.18. The van der Waals surface area contributed by atoms with E-state index in [1.165, 1.54) is 0 Å². The second-order valence-corrected chi connectivity index (χ2v) is 7.16. The average molecular weight is 356 g/mol. The van der Waals surface area contributed by atoms with Gasteiger partial charge in [0.2, 0.25) is 0 Å². The van der Waals surface area contributed by atoms with Gasteiger partial charge in [0.15, 0.2) is 0 Å². The summed E-state index contributed by atoms with van der Waals surface area (Å²) < 4.78 is 1.62. The van der Waals surface area contributed by atoms with Crippen molar-refractivity contribution in [2.75, 3.05) is 0 Å². The van der Waals surface area contributed by atoms with Crippen LogP contribution in [0.5, 0.6) is 0 Å². The van der Waals surface area contributed by atoms with Crippen molar-refractivity contribution in [3.8, 4) is 11.4 Å². The van der Waals surface area contributed by atoms with Crippen LogP contribution in [0, 0.1) is 6.92 Å². The lowest BCUT2D eigenvalue weighted by atomic mass is 10.1. The van der Waals surface area contributed by atoms with Crippen LogP contribution in [0.4, 0.5) is 0 Å². The van der Waals surface area contributed by atoms with Gasteiger partial charge in [-0.15, -0.1) is 11.3 Å². The van der Waals surface area contributed by atoms with Crippen LogP contribution in [0.2, 0.25) is 0 Å². The highest BCUT2D eigenvalue weighted by Gasteiger charge is 2.15. The molecule has 0 unspecified atom stereocenters. The molecule has 0 bridgehead atoms. The third-order valence-corrected chi connectivity index (χ3v) is 5.27. The van der Waals surface area contributed by atoms with Gasteiger partial charge in [0.1, 0.15) is 10.7 Å². The number of aromatic nitrogens is 2. The second kappa shape index (κ2) is 7.19. The fourth-order valence-electron chi connectivity index (χ4n) is 2.84. The van der Waals surface area contributed by atoms with Crippen molar-refractivity contribution in [3.05, 3.63) is 51.1 Å². The van der Waals surface area contributed by atoms with E-state index in [1.807, 2.05) is 37.3 Å². The molecule has 5 nitrogen and oxygen atoms in total. The van der Waals surface area contributed by atoms with Crippen LogP contribution in [0.25, 0.3) is 21.6 Å². The van der Waals surface area contributed by atoms with Gasteiger partial charge in [0.25, 0.3) is 5.56 Å². The number of benzene rings is 1. The maximum absolute atomic E-state index is 13.0. The number of hydrogen-bond acceptors (Lipinski definition) is 4. The van der Waals surface area contributed by atoms with Gasteiger partial charge >= 0.3 is 5.97 Å². The molecule has 0 saturated heterocycles. The normalized spacial score (nSPS) is 11.1. The van der Waals surface area contributed by atoms with Gasteiger partial charge in [-0.25, -0.2) is 4.98 Å². The van der Waals surface area contributed by atoms with E-state index in [2.05, 4.69) is 6.92 Å². The van der Waals surface area contributed by atoms with E-state index in [0.29, 0.717) is 24.2 Å². The smallest absolute Gasteiger partial charge is 0.303 e. The molecule has 25 heavy (non-hydrogen) atoms. The molecule has 3 aromatic rings. The summed E-state index contributed by atoms with van der Waals surface area (Å²) in [5.74, 6) is -0.251. The molecule has 2 aromatic heterocycles. The Balaban J connectivity index is 2.17. The number of thiophene rings is 1. The fourth-order valence-corrected chi connectivity index (χ4v) is 3.80. The van der Waals surface area contributed by atoms with Crippen molar-refractivity contribution in [2.24, 2.45) is 0 Å². The lowest BCUT2D eigenvalue weighted by molar-refractivity contribution is -0.137. The molecule has 0 amide bonds. The molecular formula is C19H20N2O3S. The first-order valence-electron chi connectivity index (χ1n) is 8.31. The predicted octanol–water partition coefficient (Wildman–Crippen LogP) is 3.86. The lowest BCUT2D eigenvalue weighted by Crippen LogP contribution is -2.23. The van der Waals surface area contributed by atoms with Crippen LogP contribution < -0.4 is 5.56 Å². The van der Waals surface area contributed by atoms with Gasteiger partial charge in [-0.1, -0.05) is 30.7 Å². The van der Waals surface area contributed by atoms with Crippen LogP contribution >= 0.6 is 11.3 Å². The summed E-state index contributed by atoms with van der Waals surface area (Å²) in [4.78, 5) is 30.4. The SMILES string of the molecule is CCc1cc2c(=O)n(CCCC(=O)O)c(-c3cccc(C)c3)nc2s1. The fraction of sp³-hybridized carbons (Fsp3) is 0.316. The zero-order chi connectivity index (χ0) is 18.0. The Morgan fingerprint density at radius 1 is 1.32 bits per heavy atom. The first-order valence-corrected chi connectivity index (χ1v) is 9.13. The first kappa shape index (κ1) is 17.4. The zero-order valence-electron chi connectivity index (χ0n) is 14.3. The maximum Gasteiger partial charge on any atom is 0.303 e. The Labute approximate surface area is 149 Å². The van der Waals surface area contributed by atoms with Crippen LogP contribution in [-0.2, 0) is 17.8 Å². The molecule has 0 saturated carbocycles. The number of carboxylic acid groups (broad SMARTS) is 1. The van der Waals surface area contributed by atoms with E-state index in [-0.39, 0.29) is 12.0 Å². The van der Waals surface area contributed by atoms with E-state index >= 15 is 0 Å². The monoisotopic (exact) mass is 356 g/mol. The zero-order valence-corrected chi connectivity index (χ0v) is 15.1. The minimum absolute atomic E-state index is 0.0293. The number of aliphatic carboxylic acids is 1. The molecule has 0 aliphatic carbocycles. The summed E-state index contributed by atoms with van der Waals surface area (Å²) in [7, 11) is 0. The van der Waals surface area contributed by atoms with Crippen LogP contribution in [-0.4, -0.2) is 20.6 Å². The van der Waals surface area contributed by atoms with E-state index in [4.69, 9.17) is 10.1 Å². The van der Waals surface area contributed by atoms with Crippen molar-refractivity contribution in [3.63, 3.8) is 0 Å². The summed E-state index contributed by atoms with van der Waals surface area (Å²) in [6.07, 6.45) is 1.28. The Hall–Kier alpha value is -2.47. The van der Waals surface area contributed by atoms with Crippen molar-refractivity contribution in [2.45, 2.75) is 39.7 Å². The minimum Gasteiger partial charge on any atom is -0.481 e. The maximum atomic E-state index is 13.0. The average Bonchev–Trinajstić information content (AvgIpc) is 3.00. The summed E-state index contributed by atoms with van der Waals surface area (Å²) >= 11 is 1.54. The molecule has 0 fully saturated rings. The number of fused-ring (bicyclic) bond motifs is 1. The first-order chi connectivity index (χ1) is 12.0. The van der Waals surface area contributed by atoms with E-state index in [1.54, 1.807) is 15.9 Å². The molecular weight excluding hydrogens is 336 g/mol. The van der Waals surface area contributed by atoms with E-state index in [0.717, 1.165) is 27.3 Å². The summed E-state index contributed by atoms with van der Waals surface area (Å²) in [6, 6.07) is 9.77. The molecule has 1 N–H and O–H groups in total. The van der Waals surface area contributed by atoms with Gasteiger partial charge < -0.3 is 5.11 Å². The summed E-state index contributed by atoms with van der Waals surface area (Å²) in [5.41, 5.74) is 1.87. The largest absolute Gasteiger partial charge is 0.481 e. The van der Waals surface area contributed by atoms with Gasteiger partial charge in [-0.3, -0.25) is 14.2 Å². The summed E-state index contributed by atoms with van der Waals surface area (Å²) in [5, 5.41) is 9.51. The topological polar surface area (TPSA) is 72.2 Å². The standard InChI is InChI=1S/C19H20N2O3S/c1-3-14-11-15-18(25-14)20-17(13-7-4-6-12(2)10-13)21(19(15)24)9-5-8-16(22)23/h4,6-7,10-11H,3,5,8-9H2,1-2H3,(H,22,23). The highest BCUT2D eigenvalue weighted by Crippen LogP contribution is 2.26. The molecule has 2 heterocycles. The van der Waals surface area contributed by atoms with Crippen molar-refractivity contribution in [1.29, 1.82) is 0 Å². The van der Waals surface area contributed by atoms with Crippen molar-refractivity contribution < 1.29 is 9.90 Å². The van der Waals surface area contributed by atoms with Crippen molar-refractivity contribution in [1.82, 2.24) is 9.55 Å². The number of hydrogen-bond donors (Lipinski definition) is 1. The van der Waals surface area contributed by atoms with Crippen LogP contribution in [0.3, 0.4) is 0 Å². The number of aryl methyl sites for hydroxylation is 2. The molecule has 0 aliphatic heterocycles. The number of carbonyl (C=O) groups is 1. The van der Waals surface area contributed by atoms with Crippen LogP contribution in [0.15, 0.2) is 35.1 Å². The Morgan fingerprint density at radius 3 is 2.80 bits per heavy atom. The molecule has 1 aromatic carbocycles. The van der Waals surface area contributed by atoms with Crippen LogP contribution in [0.1, 0.15) is 30.2 Å². The molecule has 0 aliphatic rings. The lowest BCUT2D eigenvalue weighted by Gasteiger charge is -2.12. The number of rotatable bonds is 6.